The van der Waals surface area contributed by atoms with Gasteiger partial charge in [0.05, 0.1) is 0 Å². The fourth-order valence-corrected chi connectivity index (χ4v) is 0. The van der Waals surface area contributed by atoms with Crippen molar-refractivity contribution in [1.29, 1.82) is 0 Å². The summed E-state index contributed by atoms with van der Waals surface area (Å²) in [5.41, 5.74) is 0. The molecule has 0 atom stereocenters. The summed E-state index contributed by atoms with van der Waals surface area (Å²) in [6, 6.07) is 0. The van der Waals surface area contributed by atoms with Gasteiger partial charge in [0.2, 0.25) is 0 Å². The van der Waals surface area contributed by atoms with Gasteiger partial charge in [-0.25, -0.2) is 0 Å². The van der Waals surface area contributed by atoms with Crippen molar-refractivity contribution >= 4 is 32.0 Å². The molecular formula is Ag3AlB2O6. The van der Waals surface area contributed by atoms with Crippen LogP contribution in [0, 0.1) is 0 Å². The van der Waals surface area contributed by atoms with Crippen LogP contribution in [0.3, 0.4) is 0 Å². The molecule has 12 heavy (non-hydrogen) atoms. The predicted molar refractivity (Wildman–Crippen MR) is 17.3 cm³/mol. The quantitative estimate of drug-likeness (QED) is 0.324. The van der Waals surface area contributed by atoms with E-state index in [9.17, 15) is 0 Å². The average Bonchev–Trinajstić information content (AvgIpc) is 1.25. The zero-order valence-corrected chi connectivity index (χ0v) is 10.7. The van der Waals surface area contributed by atoms with E-state index in [0.29, 0.717) is 0 Å². The Balaban J connectivity index is -0.0000000112. The summed E-state index contributed by atoms with van der Waals surface area (Å²) in [4.78, 5) is 0. The minimum absolute atomic E-state index is 0. The van der Waals surface area contributed by atoms with E-state index in [0.717, 1.165) is 0 Å². The molecule has 0 aliphatic carbocycles. The van der Waals surface area contributed by atoms with Crippen LogP contribution in [0.5, 0.6) is 0 Å². The second kappa shape index (κ2) is 29.2. The van der Waals surface area contributed by atoms with Crippen LogP contribution in [0.1, 0.15) is 0 Å². The molecule has 0 aliphatic rings. The number of rotatable bonds is 0. The van der Waals surface area contributed by atoms with Crippen molar-refractivity contribution in [2.45, 2.75) is 0 Å². The van der Waals surface area contributed by atoms with Gasteiger partial charge >= 0.3 is 84.5 Å². The zero-order chi connectivity index (χ0) is 7.15. The SMILES string of the molecule is [Ag+].[Ag+].[Ag+].[Al+3].[O-]B([O-])[O-].[O-]B([O-])[O-]. The topological polar surface area (TPSA) is 138 Å². The van der Waals surface area contributed by atoms with Crippen LogP contribution in [0.25, 0.3) is 0 Å². The average molecular weight is 468 g/mol. The van der Waals surface area contributed by atoms with E-state index in [1.165, 1.54) is 0 Å². The summed E-state index contributed by atoms with van der Waals surface area (Å²) in [6.07, 6.45) is 0. The Hall–Kier alpha value is 2.64. The molecule has 0 aromatic rings. The minimum atomic E-state index is -2.92. The van der Waals surface area contributed by atoms with E-state index in [2.05, 4.69) is 0 Å². The van der Waals surface area contributed by atoms with Gasteiger partial charge in [-0.15, -0.1) is 0 Å². The first kappa shape index (κ1) is 36.5. The van der Waals surface area contributed by atoms with Gasteiger partial charge in [0.25, 0.3) is 0 Å². The van der Waals surface area contributed by atoms with Crippen LogP contribution in [-0.4, -0.2) is 32.0 Å². The van der Waals surface area contributed by atoms with Crippen LogP contribution in [-0.2, 0) is 67.1 Å². The van der Waals surface area contributed by atoms with Gasteiger partial charge in [0, 0.05) is 0 Å². The van der Waals surface area contributed by atoms with E-state index in [1.54, 1.807) is 0 Å². The predicted octanol–water partition coefficient (Wildman–Crippen LogP) is -8.28. The molecule has 0 amide bonds. The first-order chi connectivity index (χ1) is 3.46. The second-order valence-corrected chi connectivity index (χ2v) is 0.577. The van der Waals surface area contributed by atoms with Crippen LogP contribution in [0.15, 0.2) is 0 Å². The second-order valence-electron chi connectivity index (χ2n) is 0.577. The smallest absolute Gasteiger partial charge is 0.907 e. The largest absolute Gasteiger partial charge is 3.00 e. The molecule has 0 heterocycles. The minimum Gasteiger partial charge on any atom is -0.907 e. The van der Waals surface area contributed by atoms with Gasteiger partial charge in [0.1, 0.15) is 0 Å². The van der Waals surface area contributed by atoms with Crippen molar-refractivity contribution in [3.05, 3.63) is 0 Å². The maximum atomic E-state index is 8.42. The van der Waals surface area contributed by atoms with E-state index < -0.39 is 14.6 Å². The van der Waals surface area contributed by atoms with E-state index in [4.69, 9.17) is 30.1 Å². The summed E-state index contributed by atoms with van der Waals surface area (Å²) >= 11 is 0. The monoisotopic (exact) mass is 466 g/mol. The van der Waals surface area contributed by atoms with Crippen molar-refractivity contribution in [1.82, 2.24) is 0 Å². The Morgan fingerprint density at radius 2 is 0.500 bits per heavy atom. The molecule has 78 valence electrons. The molecule has 0 saturated carbocycles. The van der Waals surface area contributed by atoms with E-state index >= 15 is 0 Å². The molecule has 0 unspecified atom stereocenters. The van der Waals surface area contributed by atoms with Gasteiger partial charge in [-0.3, -0.25) is 14.6 Å². The number of hydrogen-bond acceptors (Lipinski definition) is 6. The zero-order valence-electron chi connectivity index (χ0n) is 5.09. The molecule has 0 saturated heterocycles. The van der Waals surface area contributed by atoms with E-state index in [1.807, 2.05) is 0 Å². The van der Waals surface area contributed by atoms with Gasteiger partial charge in [0.15, 0.2) is 0 Å². The summed E-state index contributed by atoms with van der Waals surface area (Å²) < 4.78 is 0. The molecule has 0 N–H and O–H groups in total. The molecule has 6 nitrogen and oxygen atoms in total. The van der Waals surface area contributed by atoms with Crippen LogP contribution in [0.4, 0.5) is 0 Å². The Morgan fingerprint density at radius 3 is 0.500 bits per heavy atom. The molecule has 0 bridgehead atoms. The van der Waals surface area contributed by atoms with Gasteiger partial charge in [-0.2, -0.15) is 0 Å². The van der Waals surface area contributed by atoms with Gasteiger partial charge in [-0.1, -0.05) is 0 Å². The molecule has 0 aliphatic heterocycles. The van der Waals surface area contributed by atoms with Crippen molar-refractivity contribution in [2.75, 3.05) is 0 Å². The molecule has 0 fully saturated rings. The Labute approximate surface area is 128 Å². The first-order valence-electron chi connectivity index (χ1n) is 1.41. The molecular weight excluding hydrogens is 468 g/mol. The Kier molecular flexibility index (Phi) is 88.8. The third kappa shape index (κ3) is 245. The fraction of sp³-hybridized carbons (Fsp3) is 0. The first-order valence-corrected chi connectivity index (χ1v) is 1.41. The third-order valence-corrected chi connectivity index (χ3v) is 0. The van der Waals surface area contributed by atoms with Gasteiger partial charge in [-0.05, 0) is 0 Å². The normalized spacial score (nSPS) is 4.50. The molecule has 0 aromatic carbocycles. The Morgan fingerprint density at radius 1 is 0.500 bits per heavy atom. The molecule has 0 radical (unpaired) electrons. The summed E-state index contributed by atoms with van der Waals surface area (Å²) in [5, 5.41) is 50.5. The van der Waals surface area contributed by atoms with Gasteiger partial charge < -0.3 is 30.1 Å². The van der Waals surface area contributed by atoms with Crippen molar-refractivity contribution in [2.24, 2.45) is 0 Å². The molecule has 0 aromatic heterocycles. The standard InChI is InChI=1S/3Ag.Al.2BO3/c;;;;2*2-1(3)4/q3*+1;+3;2*-3. The molecule has 12 heteroatoms. The Bertz CT molecular complexity index is 36.3. The van der Waals surface area contributed by atoms with Crippen molar-refractivity contribution in [3.8, 4) is 0 Å². The van der Waals surface area contributed by atoms with Crippen molar-refractivity contribution in [3.63, 3.8) is 0 Å². The van der Waals surface area contributed by atoms with Crippen LogP contribution < -0.4 is 30.1 Å². The van der Waals surface area contributed by atoms with Crippen LogP contribution in [0.2, 0.25) is 0 Å². The van der Waals surface area contributed by atoms with Crippen LogP contribution >= 0.6 is 0 Å². The summed E-state index contributed by atoms with van der Waals surface area (Å²) in [7, 11) is -5.83. The molecule has 0 spiro atoms. The molecule has 0 rings (SSSR count). The maximum Gasteiger partial charge on any atom is 3.00 e. The fourth-order valence-electron chi connectivity index (χ4n) is 0. The summed E-state index contributed by atoms with van der Waals surface area (Å²) in [5.74, 6) is 0. The van der Waals surface area contributed by atoms with E-state index in [-0.39, 0.29) is 84.5 Å². The third-order valence-electron chi connectivity index (χ3n) is 0. The summed E-state index contributed by atoms with van der Waals surface area (Å²) in [6.45, 7) is 0. The van der Waals surface area contributed by atoms with Crippen molar-refractivity contribution < 1.29 is 97.3 Å². The maximum absolute atomic E-state index is 8.42. The number of hydrogen-bond donors (Lipinski definition) is 0.